The van der Waals surface area contributed by atoms with Crippen LogP contribution in [0.4, 0.5) is 0 Å². The predicted molar refractivity (Wildman–Crippen MR) is 77.4 cm³/mol. The fraction of sp³-hybridized carbons (Fsp3) is 0.600. The summed E-state index contributed by atoms with van der Waals surface area (Å²) in [5, 5.41) is 6.73. The van der Waals surface area contributed by atoms with Gasteiger partial charge in [-0.2, -0.15) is 0 Å². The van der Waals surface area contributed by atoms with Gasteiger partial charge in [-0.25, -0.2) is 0 Å². The Balaban J connectivity index is 2.98. The van der Waals surface area contributed by atoms with Crippen LogP contribution in [0.3, 0.4) is 0 Å². The second kappa shape index (κ2) is 7.39. The highest BCUT2D eigenvalue weighted by Crippen LogP contribution is 2.29. The van der Waals surface area contributed by atoms with Crippen LogP contribution in [0.1, 0.15) is 43.9 Å². The van der Waals surface area contributed by atoms with Gasteiger partial charge in [-0.15, -0.1) is 0 Å². The molecule has 3 heteroatoms. The molecule has 102 valence electrons. The molecule has 1 atom stereocenters. The third-order valence-electron chi connectivity index (χ3n) is 3.23. The van der Waals surface area contributed by atoms with E-state index in [-0.39, 0.29) is 0 Å². The molecule has 0 saturated heterocycles. The summed E-state index contributed by atoms with van der Waals surface area (Å²) in [7, 11) is 3.73. The van der Waals surface area contributed by atoms with Crippen LogP contribution < -0.4 is 15.4 Å². The molecule has 0 aliphatic heterocycles. The van der Waals surface area contributed by atoms with Gasteiger partial charge in [0.15, 0.2) is 0 Å². The number of ether oxygens (including phenoxy) is 1. The van der Waals surface area contributed by atoms with Gasteiger partial charge in [0.05, 0.1) is 7.11 Å². The lowest BCUT2D eigenvalue weighted by Gasteiger charge is -2.20. The molecule has 3 nitrogen and oxygen atoms in total. The standard InChI is InChI=1S/C15H26N2O/c1-6-17-10-14(16-4)12-7-8-15(18-5)13(9-12)11(2)3/h7-9,11,14,16-17H,6,10H2,1-5H3. The molecule has 0 fully saturated rings. The van der Waals surface area contributed by atoms with E-state index in [4.69, 9.17) is 4.74 Å². The minimum absolute atomic E-state index is 0.341. The molecule has 2 N–H and O–H groups in total. The molecular weight excluding hydrogens is 224 g/mol. The Morgan fingerprint density at radius 2 is 2.00 bits per heavy atom. The number of likely N-dealkylation sites (N-methyl/N-ethyl adjacent to an activating group) is 2. The number of hydrogen-bond donors (Lipinski definition) is 2. The lowest BCUT2D eigenvalue weighted by atomic mass is 9.96. The first kappa shape index (κ1) is 15.0. The van der Waals surface area contributed by atoms with Crippen molar-refractivity contribution in [2.45, 2.75) is 32.7 Å². The van der Waals surface area contributed by atoms with E-state index in [0.29, 0.717) is 12.0 Å². The topological polar surface area (TPSA) is 33.3 Å². The third kappa shape index (κ3) is 3.72. The van der Waals surface area contributed by atoms with Crippen LogP contribution in [-0.2, 0) is 0 Å². The van der Waals surface area contributed by atoms with Crippen LogP contribution in [0.25, 0.3) is 0 Å². The van der Waals surface area contributed by atoms with Crippen LogP contribution in [0, 0.1) is 0 Å². The zero-order chi connectivity index (χ0) is 13.5. The van der Waals surface area contributed by atoms with Crippen molar-refractivity contribution in [2.75, 3.05) is 27.2 Å². The normalized spacial score (nSPS) is 12.8. The second-order valence-corrected chi connectivity index (χ2v) is 4.81. The van der Waals surface area contributed by atoms with Crippen molar-refractivity contribution >= 4 is 0 Å². The van der Waals surface area contributed by atoms with Gasteiger partial charge in [-0.3, -0.25) is 0 Å². The number of nitrogens with one attached hydrogen (secondary N) is 2. The second-order valence-electron chi connectivity index (χ2n) is 4.81. The Bertz CT molecular complexity index is 364. The molecule has 0 amide bonds. The zero-order valence-electron chi connectivity index (χ0n) is 12.2. The van der Waals surface area contributed by atoms with Crippen molar-refractivity contribution in [3.05, 3.63) is 29.3 Å². The Hall–Kier alpha value is -1.06. The zero-order valence-corrected chi connectivity index (χ0v) is 12.2. The van der Waals surface area contributed by atoms with Crippen molar-refractivity contribution in [1.82, 2.24) is 10.6 Å². The van der Waals surface area contributed by atoms with Crippen LogP contribution >= 0.6 is 0 Å². The molecule has 0 radical (unpaired) electrons. The predicted octanol–water partition coefficient (Wildman–Crippen LogP) is 2.69. The summed E-state index contributed by atoms with van der Waals surface area (Å²) in [6, 6.07) is 6.81. The SMILES string of the molecule is CCNCC(NC)c1ccc(OC)c(C(C)C)c1. The smallest absolute Gasteiger partial charge is 0.122 e. The fourth-order valence-electron chi connectivity index (χ4n) is 2.10. The Labute approximate surface area is 111 Å². The van der Waals surface area contributed by atoms with E-state index in [1.807, 2.05) is 7.05 Å². The number of rotatable bonds is 7. The lowest BCUT2D eigenvalue weighted by molar-refractivity contribution is 0.407. The number of methoxy groups -OCH3 is 1. The highest BCUT2D eigenvalue weighted by Gasteiger charge is 2.13. The Kier molecular flexibility index (Phi) is 6.16. The third-order valence-corrected chi connectivity index (χ3v) is 3.23. The number of hydrogen-bond acceptors (Lipinski definition) is 3. The summed E-state index contributed by atoms with van der Waals surface area (Å²) in [5.74, 6) is 1.45. The quantitative estimate of drug-likeness (QED) is 0.780. The molecular formula is C15H26N2O. The first-order chi connectivity index (χ1) is 8.63. The minimum Gasteiger partial charge on any atom is -0.496 e. The molecule has 0 aliphatic carbocycles. The van der Waals surface area contributed by atoms with Gasteiger partial charge in [0.25, 0.3) is 0 Å². The van der Waals surface area contributed by atoms with Crippen molar-refractivity contribution in [1.29, 1.82) is 0 Å². The summed E-state index contributed by atoms with van der Waals surface area (Å²) in [4.78, 5) is 0. The van der Waals surface area contributed by atoms with Crippen LogP contribution in [-0.4, -0.2) is 27.2 Å². The Morgan fingerprint density at radius 3 is 2.50 bits per heavy atom. The maximum absolute atomic E-state index is 5.42. The van der Waals surface area contributed by atoms with Gasteiger partial charge >= 0.3 is 0 Å². The summed E-state index contributed by atoms with van der Waals surface area (Å²) in [6.07, 6.45) is 0. The van der Waals surface area contributed by atoms with E-state index < -0.39 is 0 Å². The molecule has 0 spiro atoms. The maximum Gasteiger partial charge on any atom is 0.122 e. The highest BCUT2D eigenvalue weighted by molar-refractivity contribution is 5.40. The van der Waals surface area contributed by atoms with Gasteiger partial charge in [0.1, 0.15) is 5.75 Å². The van der Waals surface area contributed by atoms with E-state index in [0.717, 1.165) is 18.8 Å². The molecule has 1 rings (SSSR count). The molecule has 1 aromatic rings. The monoisotopic (exact) mass is 250 g/mol. The Morgan fingerprint density at radius 1 is 1.28 bits per heavy atom. The average molecular weight is 250 g/mol. The van der Waals surface area contributed by atoms with Gasteiger partial charge in [0.2, 0.25) is 0 Å². The largest absolute Gasteiger partial charge is 0.496 e. The van der Waals surface area contributed by atoms with Crippen LogP contribution in [0.2, 0.25) is 0 Å². The van der Waals surface area contributed by atoms with Gasteiger partial charge < -0.3 is 15.4 Å². The molecule has 1 unspecified atom stereocenters. The molecule has 0 saturated carbocycles. The van der Waals surface area contributed by atoms with Gasteiger partial charge in [-0.05, 0) is 36.7 Å². The molecule has 0 aromatic heterocycles. The minimum atomic E-state index is 0.341. The first-order valence-corrected chi connectivity index (χ1v) is 6.69. The average Bonchev–Trinajstić information content (AvgIpc) is 2.39. The number of benzene rings is 1. The van der Waals surface area contributed by atoms with Crippen molar-refractivity contribution in [3.63, 3.8) is 0 Å². The van der Waals surface area contributed by atoms with Crippen LogP contribution in [0.5, 0.6) is 5.75 Å². The van der Waals surface area contributed by atoms with Crippen molar-refractivity contribution < 1.29 is 4.74 Å². The summed E-state index contributed by atoms with van der Waals surface area (Å²) in [6.45, 7) is 8.45. The molecule has 0 bridgehead atoms. The van der Waals surface area contributed by atoms with Crippen molar-refractivity contribution in [3.8, 4) is 5.75 Å². The van der Waals surface area contributed by atoms with E-state index in [9.17, 15) is 0 Å². The van der Waals surface area contributed by atoms with Crippen molar-refractivity contribution in [2.24, 2.45) is 0 Å². The van der Waals surface area contributed by atoms with E-state index in [2.05, 4.69) is 49.6 Å². The van der Waals surface area contributed by atoms with Crippen LogP contribution in [0.15, 0.2) is 18.2 Å². The molecule has 0 aliphatic rings. The summed E-state index contributed by atoms with van der Waals surface area (Å²) >= 11 is 0. The molecule has 18 heavy (non-hydrogen) atoms. The molecule has 0 heterocycles. The summed E-state index contributed by atoms with van der Waals surface area (Å²) < 4.78 is 5.42. The van der Waals surface area contributed by atoms with E-state index in [1.165, 1.54) is 11.1 Å². The summed E-state index contributed by atoms with van der Waals surface area (Å²) in [5.41, 5.74) is 2.58. The first-order valence-electron chi connectivity index (χ1n) is 6.69. The fourth-order valence-corrected chi connectivity index (χ4v) is 2.10. The lowest BCUT2D eigenvalue weighted by Crippen LogP contribution is -2.29. The maximum atomic E-state index is 5.42. The van der Waals surface area contributed by atoms with Gasteiger partial charge in [-0.1, -0.05) is 32.9 Å². The van der Waals surface area contributed by atoms with Gasteiger partial charge in [0, 0.05) is 12.6 Å². The highest BCUT2D eigenvalue weighted by atomic mass is 16.5. The van der Waals surface area contributed by atoms with E-state index >= 15 is 0 Å². The molecule has 1 aromatic carbocycles. The van der Waals surface area contributed by atoms with E-state index in [1.54, 1.807) is 7.11 Å².